The molecule has 27 heavy (non-hydrogen) atoms. The molecule has 7 nitrogen and oxygen atoms in total. The van der Waals surface area contributed by atoms with Crippen LogP contribution in [0.5, 0.6) is 0 Å². The first kappa shape index (κ1) is 19.5. The van der Waals surface area contributed by atoms with E-state index < -0.39 is 5.60 Å². The van der Waals surface area contributed by atoms with Gasteiger partial charge in [-0.1, -0.05) is 11.8 Å². The lowest BCUT2D eigenvalue weighted by Crippen LogP contribution is -2.35. The van der Waals surface area contributed by atoms with Gasteiger partial charge in [-0.2, -0.15) is 0 Å². The first-order valence-electron chi connectivity index (χ1n) is 9.11. The molecule has 146 valence electrons. The smallest absolute Gasteiger partial charge is 0.131 e. The lowest BCUT2D eigenvalue weighted by molar-refractivity contribution is 0.0454. The molecule has 1 unspecified atom stereocenters. The molecule has 2 heterocycles. The summed E-state index contributed by atoms with van der Waals surface area (Å²) in [5.74, 6) is 1.53. The van der Waals surface area contributed by atoms with E-state index in [2.05, 4.69) is 15.7 Å². The Bertz CT molecular complexity index is 823. The number of H-pyrrole nitrogens is 1. The summed E-state index contributed by atoms with van der Waals surface area (Å²) in [4.78, 5) is 10.0. The fourth-order valence-electron chi connectivity index (χ4n) is 3.07. The monoisotopic (exact) mass is 372 g/mol. The number of aromatic amines is 1. The molecule has 1 aromatic rings. The van der Waals surface area contributed by atoms with Crippen LogP contribution < -0.4 is 5.73 Å². The third-order valence-electron chi connectivity index (χ3n) is 4.64. The number of likely N-dealkylation sites (N-methyl/N-ethyl adjacent to an activating group) is 1. The minimum Gasteiger partial charge on any atom is -0.493 e. The number of nitrogens with zero attached hydrogens (tertiary/aromatic N) is 2. The SMILES string of the molecule is COCCc1nc2c([nH]1)C1=C(OCCC(C)(C)O)C=CC=C=C1N(C)C2N. The largest absolute Gasteiger partial charge is 0.493 e. The number of hydrogen-bond acceptors (Lipinski definition) is 6. The molecule has 1 atom stereocenters. The number of methoxy groups -OCH3 is 1. The van der Waals surface area contributed by atoms with Gasteiger partial charge in [0.25, 0.3) is 0 Å². The van der Waals surface area contributed by atoms with Gasteiger partial charge in [0.05, 0.1) is 35.8 Å². The highest BCUT2D eigenvalue weighted by Gasteiger charge is 2.34. The zero-order valence-corrected chi connectivity index (χ0v) is 16.4. The number of fused-ring (bicyclic) bond motifs is 3. The molecule has 2 aliphatic rings. The highest BCUT2D eigenvalue weighted by Crippen LogP contribution is 2.40. The number of nitrogens with two attached hydrogens (primary N) is 1. The first-order chi connectivity index (χ1) is 12.8. The third kappa shape index (κ3) is 4.17. The highest BCUT2D eigenvalue weighted by molar-refractivity contribution is 5.83. The van der Waals surface area contributed by atoms with Gasteiger partial charge in [-0.25, -0.2) is 4.98 Å². The zero-order valence-electron chi connectivity index (χ0n) is 16.4. The van der Waals surface area contributed by atoms with Crippen LogP contribution in [0, 0.1) is 0 Å². The lowest BCUT2D eigenvalue weighted by atomic mass is 9.98. The van der Waals surface area contributed by atoms with Crippen molar-refractivity contribution in [3.63, 3.8) is 0 Å². The number of rotatable bonds is 7. The summed E-state index contributed by atoms with van der Waals surface area (Å²) in [7, 11) is 3.59. The van der Waals surface area contributed by atoms with Gasteiger partial charge in [0.2, 0.25) is 0 Å². The fraction of sp³-hybridized carbons (Fsp3) is 0.500. The Morgan fingerprint density at radius 1 is 1.41 bits per heavy atom. The van der Waals surface area contributed by atoms with E-state index in [0.717, 1.165) is 28.5 Å². The van der Waals surface area contributed by atoms with Gasteiger partial charge in [-0.05, 0) is 26.0 Å². The Labute approximate surface area is 159 Å². The van der Waals surface area contributed by atoms with Crippen LogP contribution in [0.15, 0.2) is 35.4 Å². The maximum absolute atomic E-state index is 9.96. The van der Waals surface area contributed by atoms with Gasteiger partial charge in [0.1, 0.15) is 23.4 Å². The predicted molar refractivity (Wildman–Crippen MR) is 103 cm³/mol. The van der Waals surface area contributed by atoms with Crippen molar-refractivity contribution >= 4 is 5.57 Å². The third-order valence-corrected chi connectivity index (χ3v) is 4.64. The molecular weight excluding hydrogens is 344 g/mol. The molecule has 0 radical (unpaired) electrons. The van der Waals surface area contributed by atoms with Gasteiger partial charge in [0, 0.05) is 27.0 Å². The van der Waals surface area contributed by atoms with Gasteiger partial charge >= 0.3 is 0 Å². The van der Waals surface area contributed by atoms with Gasteiger partial charge in [0.15, 0.2) is 0 Å². The van der Waals surface area contributed by atoms with Crippen molar-refractivity contribution in [2.45, 2.75) is 38.5 Å². The second-order valence-corrected chi connectivity index (χ2v) is 7.41. The first-order valence-corrected chi connectivity index (χ1v) is 9.11. The Morgan fingerprint density at radius 3 is 2.89 bits per heavy atom. The maximum atomic E-state index is 9.96. The Balaban J connectivity index is 2.02. The molecular formula is C20H28N4O3. The molecule has 0 amide bonds. The van der Waals surface area contributed by atoms with Crippen molar-refractivity contribution in [2.24, 2.45) is 5.73 Å². The van der Waals surface area contributed by atoms with Crippen molar-refractivity contribution in [1.82, 2.24) is 14.9 Å². The topological polar surface area (TPSA) is 96.6 Å². The van der Waals surface area contributed by atoms with Crippen LogP contribution in [-0.4, -0.2) is 52.9 Å². The Morgan fingerprint density at radius 2 is 2.19 bits per heavy atom. The van der Waals surface area contributed by atoms with E-state index in [4.69, 9.17) is 15.2 Å². The van der Waals surface area contributed by atoms with Gasteiger partial charge in [-0.15, -0.1) is 0 Å². The summed E-state index contributed by atoms with van der Waals surface area (Å²) in [6, 6.07) is 0. The molecule has 3 rings (SSSR count). The van der Waals surface area contributed by atoms with Crippen LogP contribution in [0.4, 0.5) is 0 Å². The quantitative estimate of drug-likeness (QED) is 0.634. The van der Waals surface area contributed by atoms with E-state index in [-0.39, 0.29) is 6.17 Å². The molecule has 1 aliphatic carbocycles. The second-order valence-electron chi connectivity index (χ2n) is 7.41. The van der Waals surface area contributed by atoms with Crippen LogP contribution >= 0.6 is 0 Å². The average Bonchev–Trinajstić information content (AvgIpc) is 2.91. The number of hydrogen-bond donors (Lipinski definition) is 3. The molecule has 0 saturated heterocycles. The Hall–Kier alpha value is -2.31. The van der Waals surface area contributed by atoms with Crippen molar-refractivity contribution in [3.05, 3.63) is 52.6 Å². The number of nitrogens with one attached hydrogen (secondary N) is 1. The van der Waals surface area contributed by atoms with Crippen molar-refractivity contribution in [2.75, 3.05) is 27.4 Å². The summed E-state index contributed by atoms with van der Waals surface area (Å²) in [5, 5.41) is 9.96. The molecule has 0 fully saturated rings. The Kier molecular flexibility index (Phi) is 5.58. The molecule has 1 aliphatic heterocycles. The molecule has 4 N–H and O–H groups in total. The van der Waals surface area contributed by atoms with Crippen LogP contribution in [0.25, 0.3) is 5.57 Å². The number of imidazole rings is 1. The van der Waals surface area contributed by atoms with Crippen LogP contribution in [0.2, 0.25) is 0 Å². The standard InChI is InChI=1S/C20H28N4O3/c1-20(2,25)10-12-27-14-8-6-5-7-13-16(14)17-18(19(21)24(13)3)23-15(22-17)9-11-26-4/h5-6,8,19,25H,9-12,21H2,1-4H3,(H,22,23). The summed E-state index contributed by atoms with van der Waals surface area (Å²) in [5.41, 5.74) is 12.3. The van der Waals surface area contributed by atoms with E-state index in [0.29, 0.717) is 31.8 Å². The summed E-state index contributed by atoms with van der Waals surface area (Å²) < 4.78 is 11.2. The van der Waals surface area contributed by atoms with Crippen molar-refractivity contribution < 1.29 is 14.6 Å². The van der Waals surface area contributed by atoms with Crippen molar-refractivity contribution in [3.8, 4) is 0 Å². The number of aliphatic hydroxyl groups is 1. The molecule has 0 bridgehead atoms. The molecule has 0 saturated carbocycles. The molecule has 7 heteroatoms. The summed E-state index contributed by atoms with van der Waals surface area (Å²) in [6.07, 6.45) is 6.46. The van der Waals surface area contributed by atoms with Crippen LogP contribution in [-0.2, 0) is 15.9 Å². The second kappa shape index (κ2) is 7.74. The summed E-state index contributed by atoms with van der Waals surface area (Å²) >= 11 is 0. The van der Waals surface area contributed by atoms with Crippen molar-refractivity contribution in [1.29, 1.82) is 0 Å². The molecule has 0 aromatic carbocycles. The summed E-state index contributed by atoms with van der Waals surface area (Å²) in [6.45, 7) is 4.52. The van der Waals surface area contributed by atoms with Crippen LogP contribution in [0.1, 0.15) is 43.6 Å². The van der Waals surface area contributed by atoms with E-state index in [1.807, 2.05) is 30.2 Å². The molecule has 0 spiro atoms. The number of allylic oxidation sites excluding steroid dienone is 3. The minimum absolute atomic E-state index is 0.372. The van der Waals surface area contributed by atoms with Gasteiger partial charge < -0.3 is 30.2 Å². The van der Waals surface area contributed by atoms with E-state index >= 15 is 0 Å². The highest BCUT2D eigenvalue weighted by atomic mass is 16.5. The predicted octanol–water partition coefficient (Wildman–Crippen LogP) is 2.00. The van der Waals surface area contributed by atoms with E-state index in [1.54, 1.807) is 21.0 Å². The average molecular weight is 372 g/mol. The fourth-order valence-corrected chi connectivity index (χ4v) is 3.07. The van der Waals surface area contributed by atoms with E-state index in [9.17, 15) is 5.11 Å². The van der Waals surface area contributed by atoms with E-state index in [1.165, 1.54) is 0 Å². The number of aromatic nitrogens is 2. The lowest BCUT2D eigenvalue weighted by Gasteiger charge is -2.33. The normalized spacial score (nSPS) is 19.0. The minimum atomic E-state index is -0.783. The maximum Gasteiger partial charge on any atom is 0.131 e. The number of ether oxygens (including phenoxy) is 2. The van der Waals surface area contributed by atoms with Crippen LogP contribution in [0.3, 0.4) is 0 Å². The van der Waals surface area contributed by atoms with Gasteiger partial charge in [-0.3, -0.25) is 0 Å². The molecule has 1 aromatic heterocycles. The zero-order chi connectivity index (χ0) is 19.6.